The van der Waals surface area contributed by atoms with Gasteiger partial charge in [-0.3, -0.25) is 9.59 Å². The zero-order valence-electron chi connectivity index (χ0n) is 16.6. The predicted octanol–water partition coefficient (Wildman–Crippen LogP) is 3.01. The van der Waals surface area contributed by atoms with Crippen LogP contribution in [0.5, 0.6) is 0 Å². The van der Waals surface area contributed by atoms with Crippen molar-refractivity contribution in [1.29, 1.82) is 0 Å². The molecule has 0 saturated carbocycles. The molecule has 0 unspecified atom stereocenters. The Hall–Kier alpha value is -2.82. The van der Waals surface area contributed by atoms with Crippen molar-refractivity contribution in [2.75, 3.05) is 42.5 Å². The van der Waals surface area contributed by atoms with Crippen LogP contribution >= 0.6 is 0 Å². The fraction of sp³-hybridized carbons (Fsp3) is 0.391. The number of carbonyl (C=O) groups is 2. The number of nitrogens with zero attached hydrogens (tertiary/aromatic N) is 3. The molecule has 2 saturated heterocycles. The van der Waals surface area contributed by atoms with Crippen molar-refractivity contribution < 1.29 is 9.59 Å². The number of anilines is 2. The number of piperazine rings is 1. The summed E-state index contributed by atoms with van der Waals surface area (Å²) < 4.78 is 0. The molecule has 2 aromatic carbocycles. The van der Waals surface area contributed by atoms with E-state index in [0.717, 1.165) is 29.9 Å². The molecular formula is C23H27N3O2. The highest BCUT2D eigenvalue weighted by Crippen LogP contribution is 2.30. The zero-order valence-corrected chi connectivity index (χ0v) is 16.6. The van der Waals surface area contributed by atoms with Gasteiger partial charge in [0.15, 0.2) is 0 Å². The molecule has 0 spiro atoms. The Morgan fingerprint density at radius 2 is 1.64 bits per heavy atom. The SMILES string of the molecule is Cc1cccc(N2C[C@H](C(=O)N3CCN(c4ccccc4)CC3)CC2=O)c1C. The first-order valence-corrected chi connectivity index (χ1v) is 10.00. The van der Waals surface area contributed by atoms with Crippen LogP contribution in [0, 0.1) is 19.8 Å². The molecule has 5 heteroatoms. The van der Waals surface area contributed by atoms with Gasteiger partial charge >= 0.3 is 0 Å². The Bertz CT molecular complexity index is 873. The number of rotatable bonds is 3. The maximum atomic E-state index is 13.0. The van der Waals surface area contributed by atoms with Crippen molar-refractivity contribution in [3.8, 4) is 0 Å². The van der Waals surface area contributed by atoms with E-state index in [0.29, 0.717) is 26.1 Å². The van der Waals surface area contributed by atoms with E-state index in [1.54, 1.807) is 4.90 Å². The number of para-hydroxylation sites is 1. The normalized spacial score (nSPS) is 20.0. The minimum Gasteiger partial charge on any atom is -0.368 e. The molecule has 0 aromatic heterocycles. The molecule has 2 fully saturated rings. The first-order chi connectivity index (χ1) is 13.5. The molecule has 2 aliphatic rings. The number of amides is 2. The van der Waals surface area contributed by atoms with E-state index in [2.05, 4.69) is 17.0 Å². The van der Waals surface area contributed by atoms with Crippen molar-refractivity contribution in [2.24, 2.45) is 5.92 Å². The molecule has 28 heavy (non-hydrogen) atoms. The van der Waals surface area contributed by atoms with Crippen LogP contribution in [-0.2, 0) is 9.59 Å². The fourth-order valence-electron chi connectivity index (χ4n) is 4.22. The standard InChI is InChI=1S/C23H27N3O2/c1-17-7-6-10-21(18(17)2)26-16-19(15-22(26)27)23(28)25-13-11-24(12-14-25)20-8-4-3-5-9-20/h3-10,19H,11-16H2,1-2H3/t19-/m1/s1. The second-order valence-electron chi connectivity index (χ2n) is 7.77. The third-order valence-corrected chi connectivity index (χ3v) is 6.05. The Balaban J connectivity index is 1.40. The summed E-state index contributed by atoms with van der Waals surface area (Å²) >= 11 is 0. The zero-order chi connectivity index (χ0) is 19.7. The lowest BCUT2D eigenvalue weighted by atomic mass is 10.1. The molecular weight excluding hydrogens is 350 g/mol. The molecule has 0 radical (unpaired) electrons. The Morgan fingerprint density at radius 1 is 0.929 bits per heavy atom. The average Bonchev–Trinajstić information content (AvgIpc) is 3.12. The number of carbonyl (C=O) groups excluding carboxylic acids is 2. The van der Waals surface area contributed by atoms with Crippen LogP contribution in [-0.4, -0.2) is 49.4 Å². The van der Waals surface area contributed by atoms with Gasteiger partial charge in [0.25, 0.3) is 0 Å². The molecule has 2 amide bonds. The molecule has 2 aromatic rings. The Morgan fingerprint density at radius 3 is 2.36 bits per heavy atom. The van der Waals surface area contributed by atoms with E-state index in [4.69, 9.17) is 0 Å². The highest BCUT2D eigenvalue weighted by atomic mass is 16.2. The smallest absolute Gasteiger partial charge is 0.228 e. The summed E-state index contributed by atoms with van der Waals surface area (Å²) in [5, 5.41) is 0. The minimum absolute atomic E-state index is 0.0509. The van der Waals surface area contributed by atoms with Crippen LogP contribution < -0.4 is 9.80 Å². The van der Waals surface area contributed by atoms with Crippen LogP contribution in [0.25, 0.3) is 0 Å². The number of aryl methyl sites for hydroxylation is 1. The summed E-state index contributed by atoms with van der Waals surface area (Å²) in [6.45, 7) is 7.66. The lowest BCUT2D eigenvalue weighted by Gasteiger charge is -2.37. The second kappa shape index (κ2) is 7.66. The van der Waals surface area contributed by atoms with Gasteiger partial charge in [0, 0.05) is 50.5 Å². The van der Waals surface area contributed by atoms with Gasteiger partial charge < -0.3 is 14.7 Å². The molecule has 0 bridgehead atoms. The first-order valence-electron chi connectivity index (χ1n) is 10.00. The summed E-state index contributed by atoms with van der Waals surface area (Å²) in [6, 6.07) is 16.3. The maximum Gasteiger partial charge on any atom is 0.228 e. The van der Waals surface area contributed by atoms with E-state index >= 15 is 0 Å². The van der Waals surface area contributed by atoms with Gasteiger partial charge in [0.1, 0.15) is 0 Å². The molecule has 4 rings (SSSR count). The minimum atomic E-state index is -0.240. The van der Waals surface area contributed by atoms with Crippen molar-refractivity contribution in [3.05, 3.63) is 59.7 Å². The first kappa shape index (κ1) is 18.5. The topological polar surface area (TPSA) is 43.9 Å². The van der Waals surface area contributed by atoms with Crippen molar-refractivity contribution in [3.63, 3.8) is 0 Å². The van der Waals surface area contributed by atoms with E-state index in [9.17, 15) is 9.59 Å². The van der Waals surface area contributed by atoms with E-state index < -0.39 is 0 Å². The molecule has 146 valence electrons. The highest BCUT2D eigenvalue weighted by molar-refractivity contribution is 6.01. The molecule has 2 aliphatic heterocycles. The molecule has 5 nitrogen and oxygen atoms in total. The number of benzene rings is 2. The Labute approximate surface area is 166 Å². The number of hydrogen-bond donors (Lipinski definition) is 0. The van der Waals surface area contributed by atoms with E-state index in [1.807, 2.05) is 55.1 Å². The molecule has 0 N–H and O–H groups in total. The molecule has 2 heterocycles. The highest BCUT2D eigenvalue weighted by Gasteiger charge is 2.38. The quantitative estimate of drug-likeness (QED) is 0.826. The average molecular weight is 377 g/mol. The predicted molar refractivity (Wildman–Crippen MR) is 112 cm³/mol. The summed E-state index contributed by atoms with van der Waals surface area (Å²) in [5.74, 6) is -0.0699. The lowest BCUT2D eigenvalue weighted by Crippen LogP contribution is -2.50. The molecule has 1 atom stereocenters. The second-order valence-corrected chi connectivity index (χ2v) is 7.77. The van der Waals surface area contributed by atoms with Gasteiger partial charge in [-0.25, -0.2) is 0 Å². The van der Waals surface area contributed by atoms with Gasteiger partial charge in [-0.1, -0.05) is 30.3 Å². The van der Waals surface area contributed by atoms with Crippen molar-refractivity contribution in [1.82, 2.24) is 4.90 Å². The van der Waals surface area contributed by atoms with Gasteiger partial charge in [-0.05, 0) is 43.2 Å². The summed E-state index contributed by atoms with van der Waals surface area (Å²) in [5.41, 5.74) is 4.42. The monoisotopic (exact) mass is 377 g/mol. The molecule has 0 aliphatic carbocycles. The van der Waals surface area contributed by atoms with Crippen LogP contribution in [0.2, 0.25) is 0 Å². The largest absolute Gasteiger partial charge is 0.368 e. The summed E-state index contributed by atoms with van der Waals surface area (Å²) in [7, 11) is 0. The van der Waals surface area contributed by atoms with Gasteiger partial charge in [0.05, 0.1) is 5.92 Å². The lowest BCUT2D eigenvalue weighted by molar-refractivity contribution is -0.136. The third kappa shape index (κ3) is 3.49. The van der Waals surface area contributed by atoms with Crippen LogP contribution in [0.4, 0.5) is 11.4 Å². The van der Waals surface area contributed by atoms with Crippen LogP contribution in [0.3, 0.4) is 0 Å². The van der Waals surface area contributed by atoms with Crippen molar-refractivity contribution in [2.45, 2.75) is 20.3 Å². The Kier molecular flexibility index (Phi) is 5.07. The van der Waals surface area contributed by atoms with Gasteiger partial charge in [0.2, 0.25) is 11.8 Å². The summed E-state index contributed by atoms with van der Waals surface area (Å²) in [4.78, 5) is 31.7. The van der Waals surface area contributed by atoms with Crippen LogP contribution in [0.1, 0.15) is 17.5 Å². The van der Waals surface area contributed by atoms with Gasteiger partial charge in [-0.15, -0.1) is 0 Å². The summed E-state index contributed by atoms with van der Waals surface area (Å²) in [6.07, 6.45) is 0.311. The van der Waals surface area contributed by atoms with E-state index in [1.165, 1.54) is 5.69 Å². The maximum absolute atomic E-state index is 13.0. The van der Waals surface area contributed by atoms with Gasteiger partial charge in [-0.2, -0.15) is 0 Å². The van der Waals surface area contributed by atoms with Crippen molar-refractivity contribution >= 4 is 23.2 Å². The number of hydrogen-bond acceptors (Lipinski definition) is 3. The fourth-order valence-corrected chi connectivity index (χ4v) is 4.22. The third-order valence-electron chi connectivity index (χ3n) is 6.05. The van der Waals surface area contributed by atoms with Crippen LogP contribution in [0.15, 0.2) is 48.5 Å². The van der Waals surface area contributed by atoms with E-state index in [-0.39, 0.29) is 17.7 Å².